The second kappa shape index (κ2) is 17.3. The van der Waals surface area contributed by atoms with Crippen molar-refractivity contribution in [2.75, 3.05) is 90.4 Å². The van der Waals surface area contributed by atoms with E-state index in [2.05, 4.69) is 27.2 Å². The van der Waals surface area contributed by atoms with E-state index in [0.717, 1.165) is 120 Å². The van der Waals surface area contributed by atoms with E-state index in [4.69, 9.17) is 35.1 Å². The Balaban J connectivity index is 1.06. The molecule has 0 aliphatic carbocycles. The Labute approximate surface area is 269 Å². The Morgan fingerprint density at radius 3 is 2.27 bits per heavy atom. The molecule has 2 saturated heterocycles. The number of benzene rings is 2. The summed E-state index contributed by atoms with van der Waals surface area (Å²) in [4.78, 5) is 11.2. The number of hydrogen-bond acceptors (Lipinski definition) is 11. The lowest BCUT2D eigenvalue weighted by Gasteiger charge is -2.26. The summed E-state index contributed by atoms with van der Waals surface area (Å²) in [7, 11) is 0. The van der Waals surface area contributed by atoms with Crippen LogP contribution in [0.25, 0.3) is 11.3 Å². The van der Waals surface area contributed by atoms with Gasteiger partial charge in [0.05, 0.1) is 50.9 Å². The van der Waals surface area contributed by atoms with E-state index in [1.165, 1.54) is 10.9 Å². The Kier molecular flexibility index (Phi) is 12.7. The van der Waals surface area contributed by atoms with Gasteiger partial charge in [-0.05, 0) is 62.1 Å². The second-order valence-electron chi connectivity index (χ2n) is 11.2. The molecule has 0 bridgehead atoms. The monoisotopic (exact) mass is 638 g/mol. The van der Waals surface area contributed by atoms with Crippen LogP contribution in [-0.2, 0) is 15.9 Å². The summed E-state index contributed by atoms with van der Waals surface area (Å²) in [6, 6.07) is 13.1. The number of rotatable bonds is 17. The molecule has 0 spiro atoms. The van der Waals surface area contributed by atoms with Crippen molar-refractivity contribution in [3.63, 3.8) is 0 Å². The molecule has 5 rings (SSSR count). The number of morpholine rings is 2. The number of anilines is 1. The minimum absolute atomic E-state index is 0.0462. The lowest BCUT2D eigenvalue weighted by molar-refractivity contribution is 0.0385. The number of nitrogens with one attached hydrogen (secondary N) is 2. The molecule has 0 unspecified atom stereocenters. The number of nitrogens with two attached hydrogens (primary N) is 1. The van der Waals surface area contributed by atoms with Gasteiger partial charge >= 0.3 is 0 Å². The zero-order valence-corrected chi connectivity index (χ0v) is 26.8. The van der Waals surface area contributed by atoms with Crippen molar-refractivity contribution in [1.29, 1.82) is 5.41 Å². The van der Waals surface area contributed by atoms with Crippen LogP contribution >= 0.6 is 11.3 Å². The van der Waals surface area contributed by atoms with Crippen LogP contribution in [0.1, 0.15) is 29.7 Å². The number of nitrogens with zero attached hydrogens (tertiary/aromatic N) is 3. The minimum Gasteiger partial charge on any atom is -0.507 e. The normalized spacial score (nSPS) is 15.7. The van der Waals surface area contributed by atoms with Crippen molar-refractivity contribution in [3.8, 4) is 28.5 Å². The molecule has 12 heteroatoms. The molecule has 0 atom stereocenters. The summed E-state index contributed by atoms with van der Waals surface area (Å²) in [5, 5.41) is 22.1. The number of nitrogen functional groups attached to an aromatic ring is 1. The predicted molar refractivity (Wildman–Crippen MR) is 178 cm³/mol. The molecule has 0 radical (unpaired) electrons. The first-order valence-electron chi connectivity index (χ1n) is 15.9. The van der Waals surface area contributed by atoms with Crippen molar-refractivity contribution in [2.45, 2.75) is 25.7 Å². The van der Waals surface area contributed by atoms with E-state index in [9.17, 15) is 5.11 Å². The van der Waals surface area contributed by atoms with Crippen molar-refractivity contribution in [1.82, 2.24) is 15.2 Å². The van der Waals surface area contributed by atoms with Crippen LogP contribution in [0.4, 0.5) is 5.13 Å². The van der Waals surface area contributed by atoms with Crippen LogP contribution in [0.2, 0.25) is 0 Å². The number of hydrogen-bond donors (Lipinski definition) is 4. The molecular weight excluding hydrogens is 592 g/mol. The van der Waals surface area contributed by atoms with Crippen LogP contribution in [0.15, 0.2) is 42.5 Å². The highest BCUT2D eigenvalue weighted by atomic mass is 32.1. The number of phenols is 1. The highest BCUT2D eigenvalue weighted by molar-refractivity contribution is 7.16. The Morgan fingerprint density at radius 1 is 0.911 bits per heavy atom. The summed E-state index contributed by atoms with van der Waals surface area (Å²) in [6.07, 6.45) is 3.69. The Bertz CT molecular complexity index is 1340. The number of amidine groups is 1. The second-order valence-corrected chi connectivity index (χ2v) is 12.3. The maximum absolute atomic E-state index is 9.95. The maximum Gasteiger partial charge on any atom is 0.186 e. The number of thiazole rings is 1. The predicted octanol–water partition coefficient (Wildman–Crippen LogP) is 3.73. The Morgan fingerprint density at radius 2 is 1.58 bits per heavy atom. The molecule has 0 saturated carbocycles. The summed E-state index contributed by atoms with van der Waals surface area (Å²) in [5.41, 5.74) is 7.92. The molecule has 2 aromatic carbocycles. The number of unbranched alkanes of at least 4 members (excludes halogenated alkanes) is 2. The fraction of sp³-hybridized carbons (Fsp3) is 0.515. The zero-order chi connectivity index (χ0) is 31.3. The first-order valence-corrected chi connectivity index (χ1v) is 16.7. The molecule has 2 fully saturated rings. The molecule has 2 aliphatic heterocycles. The molecule has 3 heterocycles. The van der Waals surface area contributed by atoms with Gasteiger partial charge in [-0.1, -0.05) is 0 Å². The molecule has 11 nitrogen and oxygen atoms in total. The summed E-state index contributed by atoms with van der Waals surface area (Å²) in [5.74, 6) is 1.20. The van der Waals surface area contributed by atoms with Gasteiger partial charge in [-0.25, -0.2) is 4.98 Å². The number of ether oxygens (including phenoxy) is 4. The average Bonchev–Trinajstić information content (AvgIpc) is 3.49. The molecule has 5 N–H and O–H groups in total. The van der Waals surface area contributed by atoms with Crippen LogP contribution in [0.5, 0.6) is 17.2 Å². The topological polar surface area (TPSA) is 138 Å². The molecule has 1 aromatic heterocycles. The number of aromatic hydroxyl groups is 1. The van der Waals surface area contributed by atoms with E-state index in [0.29, 0.717) is 24.5 Å². The first kappa shape index (κ1) is 33.0. The number of phenolic OH excluding ortho intramolecular Hbond substituents is 1. The van der Waals surface area contributed by atoms with Crippen molar-refractivity contribution < 1.29 is 24.1 Å². The van der Waals surface area contributed by atoms with Gasteiger partial charge in [-0.2, -0.15) is 0 Å². The van der Waals surface area contributed by atoms with Gasteiger partial charge in [0.1, 0.15) is 23.1 Å². The minimum atomic E-state index is -0.168. The van der Waals surface area contributed by atoms with E-state index < -0.39 is 0 Å². The fourth-order valence-electron chi connectivity index (χ4n) is 5.31. The third kappa shape index (κ3) is 10.0. The van der Waals surface area contributed by atoms with Gasteiger partial charge in [-0.15, -0.1) is 11.3 Å². The van der Waals surface area contributed by atoms with Crippen LogP contribution < -0.4 is 25.4 Å². The number of aromatic nitrogens is 1. The first-order chi connectivity index (χ1) is 22.1. The molecular formula is C33H46N6O5S. The third-order valence-electron chi connectivity index (χ3n) is 7.92. The van der Waals surface area contributed by atoms with Crippen molar-refractivity contribution in [3.05, 3.63) is 52.9 Å². The van der Waals surface area contributed by atoms with Crippen LogP contribution in [0.3, 0.4) is 0 Å². The van der Waals surface area contributed by atoms with E-state index >= 15 is 0 Å². The quantitative estimate of drug-likeness (QED) is 0.0983. The van der Waals surface area contributed by atoms with Crippen molar-refractivity contribution in [2.24, 2.45) is 5.73 Å². The molecule has 244 valence electrons. The Hall–Kier alpha value is -3.42. The van der Waals surface area contributed by atoms with Crippen LogP contribution in [-0.4, -0.2) is 106 Å². The van der Waals surface area contributed by atoms with Crippen molar-refractivity contribution >= 4 is 22.3 Å². The zero-order valence-electron chi connectivity index (χ0n) is 26.0. The third-order valence-corrected chi connectivity index (χ3v) is 9.09. The average molecular weight is 639 g/mol. The molecule has 2 aliphatic rings. The lowest BCUT2D eigenvalue weighted by atomic mass is 10.1. The van der Waals surface area contributed by atoms with Gasteiger partial charge in [0, 0.05) is 62.3 Å². The fourth-order valence-corrected chi connectivity index (χ4v) is 6.45. The maximum atomic E-state index is 9.95. The smallest absolute Gasteiger partial charge is 0.186 e. The molecule has 45 heavy (non-hydrogen) atoms. The van der Waals surface area contributed by atoms with Crippen LogP contribution in [0, 0.1) is 5.41 Å². The summed E-state index contributed by atoms with van der Waals surface area (Å²) >= 11 is 1.80. The standard InChI is InChI=1S/C33H46N6O5S/c34-32(35)28-9-8-27(24-29(28)40)44-19-3-1-2-18-43-26-6-4-25(5-7-26)31-30(45-33(37-31)39-16-22-42-23-17-39)10-11-36-12-13-38-14-20-41-21-15-38/h4-9,24,36,40H,1-3,10-23H2,(H3,34,35). The van der Waals surface area contributed by atoms with Gasteiger partial charge in [0.2, 0.25) is 0 Å². The van der Waals surface area contributed by atoms with Gasteiger partial charge < -0.3 is 40.0 Å². The molecule has 3 aromatic rings. The van der Waals surface area contributed by atoms with Gasteiger partial charge in [-0.3, -0.25) is 10.3 Å². The molecule has 0 amide bonds. The summed E-state index contributed by atoms with van der Waals surface area (Å²) < 4.78 is 22.8. The summed E-state index contributed by atoms with van der Waals surface area (Å²) in [6.45, 7) is 11.1. The van der Waals surface area contributed by atoms with E-state index in [1.807, 2.05) is 12.1 Å². The van der Waals surface area contributed by atoms with E-state index in [1.54, 1.807) is 23.5 Å². The van der Waals surface area contributed by atoms with Gasteiger partial charge in [0.25, 0.3) is 0 Å². The van der Waals surface area contributed by atoms with E-state index in [-0.39, 0.29) is 11.6 Å². The largest absolute Gasteiger partial charge is 0.507 e. The highest BCUT2D eigenvalue weighted by Crippen LogP contribution is 2.34. The van der Waals surface area contributed by atoms with Gasteiger partial charge in [0.15, 0.2) is 5.13 Å². The highest BCUT2D eigenvalue weighted by Gasteiger charge is 2.20. The SMILES string of the molecule is N=C(N)c1ccc(OCCCCCOc2ccc(-c3nc(N4CCOCC4)sc3CCNCCN3CCOCC3)cc2)cc1O. The lowest BCUT2D eigenvalue weighted by Crippen LogP contribution is -2.40.